The molecule has 1 aliphatic heterocycles. The van der Waals surface area contributed by atoms with Crippen molar-refractivity contribution in [1.82, 2.24) is 4.72 Å². The molecule has 0 spiro atoms. The Hall–Kier alpha value is -1.06. The highest BCUT2D eigenvalue weighted by molar-refractivity contribution is 8.02. The Morgan fingerprint density at radius 3 is 2.55 bits per heavy atom. The van der Waals surface area contributed by atoms with Crippen LogP contribution in [-0.4, -0.2) is 45.3 Å². The molecule has 0 aromatic heterocycles. The molecule has 1 aromatic rings. The number of hydrogen-bond donors (Lipinski definition) is 1. The molecular formula is C13H17NO5S3. The summed E-state index contributed by atoms with van der Waals surface area (Å²) >= 11 is 1.19. The van der Waals surface area contributed by atoms with Crippen molar-refractivity contribution < 1.29 is 21.6 Å². The van der Waals surface area contributed by atoms with Crippen molar-refractivity contribution in [2.45, 2.75) is 17.4 Å². The smallest absolute Gasteiger partial charge is 0.243 e. The highest BCUT2D eigenvalue weighted by atomic mass is 32.2. The van der Waals surface area contributed by atoms with Crippen LogP contribution in [0.2, 0.25) is 0 Å². The second kappa shape index (κ2) is 7.01. The molecule has 6 nitrogen and oxygen atoms in total. The lowest BCUT2D eigenvalue weighted by Gasteiger charge is -2.09. The Balaban J connectivity index is 1.81. The van der Waals surface area contributed by atoms with Gasteiger partial charge < -0.3 is 0 Å². The number of thioether (sulfide) groups is 1. The van der Waals surface area contributed by atoms with E-state index in [4.69, 9.17) is 0 Å². The van der Waals surface area contributed by atoms with Crippen LogP contribution in [0.25, 0.3) is 0 Å². The van der Waals surface area contributed by atoms with Gasteiger partial charge in [-0.3, -0.25) is 9.52 Å². The average Bonchev–Trinajstić information content (AvgIpc) is 2.76. The molecule has 1 aliphatic rings. The molecule has 1 amide bonds. The van der Waals surface area contributed by atoms with Gasteiger partial charge in [0.25, 0.3) is 0 Å². The number of sulfone groups is 1. The second-order valence-electron chi connectivity index (χ2n) is 5.11. The van der Waals surface area contributed by atoms with Crippen LogP contribution in [0.3, 0.4) is 0 Å². The molecule has 122 valence electrons. The lowest BCUT2D eigenvalue weighted by molar-refractivity contribution is -0.116. The van der Waals surface area contributed by atoms with E-state index in [1.165, 1.54) is 11.8 Å². The summed E-state index contributed by atoms with van der Waals surface area (Å²) in [5.41, 5.74) is 0.595. The average molecular weight is 363 g/mol. The fraction of sp³-hybridized carbons (Fsp3) is 0.462. The molecule has 0 saturated carbocycles. The monoisotopic (exact) mass is 363 g/mol. The molecule has 1 atom stereocenters. The highest BCUT2D eigenvalue weighted by Gasteiger charge is 2.28. The number of sulfonamides is 1. The number of rotatable bonds is 6. The summed E-state index contributed by atoms with van der Waals surface area (Å²) in [7, 11) is -6.72. The molecule has 1 heterocycles. The van der Waals surface area contributed by atoms with Gasteiger partial charge in [-0.25, -0.2) is 16.8 Å². The lowest BCUT2D eigenvalue weighted by Crippen LogP contribution is -2.33. The number of carbonyl (C=O) groups is 1. The fourth-order valence-corrected chi connectivity index (χ4v) is 6.78. The summed E-state index contributed by atoms with van der Waals surface area (Å²) in [6.45, 7) is 0. The van der Waals surface area contributed by atoms with E-state index in [-0.39, 0.29) is 28.3 Å². The molecule has 1 saturated heterocycles. The van der Waals surface area contributed by atoms with E-state index in [9.17, 15) is 21.6 Å². The van der Waals surface area contributed by atoms with Gasteiger partial charge in [-0.05, 0) is 12.0 Å². The highest BCUT2D eigenvalue weighted by Crippen LogP contribution is 2.24. The van der Waals surface area contributed by atoms with Crippen molar-refractivity contribution in [2.75, 3.05) is 17.3 Å². The SMILES string of the molecule is O=C(CS[C@H]1CCS(=O)(=O)C1)NS(=O)(=O)Cc1ccccc1. The van der Waals surface area contributed by atoms with Gasteiger partial charge in [0.1, 0.15) is 0 Å². The molecule has 9 heteroatoms. The summed E-state index contributed by atoms with van der Waals surface area (Å²) in [5, 5.41) is -0.132. The van der Waals surface area contributed by atoms with Gasteiger partial charge in [0.15, 0.2) is 9.84 Å². The molecule has 1 aromatic carbocycles. The maximum absolute atomic E-state index is 11.9. The normalized spacial score (nSPS) is 20.6. The Kier molecular flexibility index (Phi) is 5.51. The van der Waals surface area contributed by atoms with E-state index in [1.807, 2.05) is 4.72 Å². The third-order valence-electron chi connectivity index (χ3n) is 3.11. The summed E-state index contributed by atoms with van der Waals surface area (Å²) in [5.74, 6) is -0.749. The molecule has 1 fully saturated rings. The van der Waals surface area contributed by atoms with E-state index in [2.05, 4.69) is 0 Å². The van der Waals surface area contributed by atoms with E-state index < -0.39 is 25.8 Å². The van der Waals surface area contributed by atoms with Crippen molar-refractivity contribution in [1.29, 1.82) is 0 Å². The minimum Gasteiger partial charge on any atom is -0.273 e. The molecule has 1 N–H and O–H groups in total. The van der Waals surface area contributed by atoms with Crippen molar-refractivity contribution in [2.24, 2.45) is 0 Å². The van der Waals surface area contributed by atoms with E-state index >= 15 is 0 Å². The van der Waals surface area contributed by atoms with Gasteiger partial charge in [0.2, 0.25) is 15.9 Å². The van der Waals surface area contributed by atoms with Crippen molar-refractivity contribution >= 4 is 37.5 Å². The topological polar surface area (TPSA) is 97.4 Å². The molecular weight excluding hydrogens is 346 g/mol. The zero-order chi connectivity index (χ0) is 16.2. The first-order valence-corrected chi connectivity index (χ1v) is 11.2. The number of benzene rings is 1. The van der Waals surface area contributed by atoms with Crippen LogP contribution >= 0.6 is 11.8 Å². The molecule has 0 radical (unpaired) electrons. The molecule has 22 heavy (non-hydrogen) atoms. The Morgan fingerprint density at radius 2 is 1.95 bits per heavy atom. The number of carbonyl (C=O) groups excluding carboxylic acids is 1. The second-order valence-corrected chi connectivity index (χ2v) is 10.3. The zero-order valence-corrected chi connectivity index (χ0v) is 14.2. The third kappa shape index (κ3) is 5.62. The number of hydrogen-bond acceptors (Lipinski definition) is 6. The maximum atomic E-state index is 11.9. The van der Waals surface area contributed by atoms with Gasteiger partial charge in [-0.15, -0.1) is 11.8 Å². The Morgan fingerprint density at radius 1 is 1.27 bits per heavy atom. The number of nitrogens with one attached hydrogen (secondary N) is 1. The van der Waals surface area contributed by atoms with Crippen LogP contribution in [0.1, 0.15) is 12.0 Å². The van der Waals surface area contributed by atoms with E-state index in [0.29, 0.717) is 12.0 Å². The lowest BCUT2D eigenvalue weighted by atomic mass is 10.2. The van der Waals surface area contributed by atoms with Gasteiger partial charge in [-0.1, -0.05) is 30.3 Å². The summed E-state index contributed by atoms with van der Waals surface area (Å²) in [6, 6.07) is 8.57. The van der Waals surface area contributed by atoms with Crippen LogP contribution in [0.5, 0.6) is 0 Å². The predicted octanol–water partition coefficient (Wildman–Crippen LogP) is 0.553. The van der Waals surface area contributed by atoms with Crippen LogP contribution in [-0.2, 0) is 30.4 Å². The first-order valence-electron chi connectivity index (χ1n) is 6.65. The van der Waals surface area contributed by atoms with Gasteiger partial charge in [0, 0.05) is 5.25 Å². The van der Waals surface area contributed by atoms with Gasteiger partial charge in [0.05, 0.1) is 23.0 Å². The summed E-state index contributed by atoms with van der Waals surface area (Å²) < 4.78 is 48.4. The van der Waals surface area contributed by atoms with Crippen LogP contribution in [0.4, 0.5) is 0 Å². The van der Waals surface area contributed by atoms with Crippen LogP contribution in [0.15, 0.2) is 30.3 Å². The van der Waals surface area contributed by atoms with Gasteiger partial charge >= 0.3 is 0 Å². The standard InChI is InChI=1S/C13H17NO5S3/c15-13(8-20-12-6-7-21(16,17)10-12)14-22(18,19)9-11-4-2-1-3-5-11/h1-5,12H,6-10H2,(H,14,15)/t12-/m0/s1. The van der Waals surface area contributed by atoms with Crippen LogP contribution in [0, 0.1) is 0 Å². The third-order valence-corrected chi connectivity index (χ3v) is 7.64. The summed E-state index contributed by atoms with van der Waals surface area (Å²) in [6.07, 6.45) is 0.511. The number of amides is 1. The quantitative estimate of drug-likeness (QED) is 0.793. The van der Waals surface area contributed by atoms with E-state index in [0.717, 1.165) is 0 Å². The molecule has 2 rings (SSSR count). The zero-order valence-electron chi connectivity index (χ0n) is 11.8. The molecule has 0 unspecified atom stereocenters. The molecule has 0 bridgehead atoms. The first kappa shape index (κ1) is 17.3. The van der Waals surface area contributed by atoms with Gasteiger partial charge in [-0.2, -0.15) is 0 Å². The van der Waals surface area contributed by atoms with Crippen molar-refractivity contribution in [3.05, 3.63) is 35.9 Å². The fourth-order valence-electron chi connectivity index (χ4n) is 2.12. The van der Waals surface area contributed by atoms with Crippen molar-refractivity contribution in [3.63, 3.8) is 0 Å². The van der Waals surface area contributed by atoms with E-state index in [1.54, 1.807) is 30.3 Å². The maximum Gasteiger partial charge on any atom is 0.243 e. The predicted molar refractivity (Wildman–Crippen MR) is 86.7 cm³/mol. The largest absolute Gasteiger partial charge is 0.273 e. The minimum atomic E-state index is -3.73. The minimum absolute atomic E-state index is 0.0573. The van der Waals surface area contributed by atoms with Crippen LogP contribution < -0.4 is 4.72 Å². The Labute approximate surface area is 134 Å². The molecule has 0 aliphatic carbocycles. The van der Waals surface area contributed by atoms with Crippen molar-refractivity contribution in [3.8, 4) is 0 Å². The first-order chi connectivity index (χ1) is 10.3. The Bertz CT molecular complexity index is 728. The summed E-state index contributed by atoms with van der Waals surface area (Å²) in [4.78, 5) is 11.7.